The van der Waals surface area contributed by atoms with Crippen LogP contribution in [0.3, 0.4) is 0 Å². The Morgan fingerprint density at radius 1 is 1.19 bits per heavy atom. The van der Waals surface area contributed by atoms with Crippen LogP contribution in [0.5, 0.6) is 0 Å². The van der Waals surface area contributed by atoms with E-state index in [2.05, 4.69) is 13.8 Å². The number of carbonyl (C=O) groups excluding carboxylic acids is 1. The van der Waals surface area contributed by atoms with E-state index >= 15 is 0 Å². The molecular weight excluding hydrogens is 292 g/mol. The molecule has 2 atom stereocenters. The number of hydrogen-bond acceptors (Lipinski definition) is 4. The fourth-order valence-electron chi connectivity index (χ4n) is 3.21. The number of carbonyl (C=O) groups is 1. The van der Waals surface area contributed by atoms with Crippen molar-refractivity contribution >= 4 is 15.9 Å². The van der Waals surface area contributed by atoms with E-state index in [0.717, 1.165) is 6.42 Å². The zero-order chi connectivity index (χ0) is 15.6. The minimum absolute atomic E-state index is 0.00763. The number of sulfonamides is 1. The van der Waals surface area contributed by atoms with Crippen molar-refractivity contribution in [3.8, 4) is 0 Å². The first-order valence-electron chi connectivity index (χ1n) is 7.66. The summed E-state index contributed by atoms with van der Waals surface area (Å²) in [5, 5.41) is 0. The molecule has 0 aromatic carbocycles. The van der Waals surface area contributed by atoms with Crippen molar-refractivity contribution in [3.63, 3.8) is 0 Å². The number of ether oxygens (including phenoxy) is 1. The molecule has 6 nitrogen and oxygen atoms in total. The Morgan fingerprint density at radius 2 is 1.90 bits per heavy atom. The van der Waals surface area contributed by atoms with E-state index < -0.39 is 10.0 Å². The number of nitrogens with zero attached hydrogens (tertiary/aromatic N) is 2. The van der Waals surface area contributed by atoms with E-state index in [-0.39, 0.29) is 17.9 Å². The summed E-state index contributed by atoms with van der Waals surface area (Å²) < 4.78 is 30.4. The molecule has 1 amide bonds. The molecule has 0 unspecified atom stereocenters. The van der Waals surface area contributed by atoms with Gasteiger partial charge in [0, 0.05) is 32.8 Å². The smallest absolute Gasteiger partial charge is 0.228 e. The lowest BCUT2D eigenvalue weighted by molar-refractivity contribution is -0.138. The van der Waals surface area contributed by atoms with E-state index in [4.69, 9.17) is 4.74 Å². The van der Waals surface area contributed by atoms with E-state index in [1.807, 2.05) is 4.90 Å². The fraction of sp³-hybridized carbons (Fsp3) is 0.929. The number of amides is 1. The summed E-state index contributed by atoms with van der Waals surface area (Å²) in [4.78, 5) is 14.5. The van der Waals surface area contributed by atoms with Crippen molar-refractivity contribution < 1.29 is 17.9 Å². The van der Waals surface area contributed by atoms with Gasteiger partial charge in [0.1, 0.15) is 0 Å². The van der Waals surface area contributed by atoms with Crippen LogP contribution in [0, 0.1) is 11.8 Å². The molecule has 0 N–H and O–H groups in total. The molecule has 2 aliphatic rings. The summed E-state index contributed by atoms with van der Waals surface area (Å²) in [6.45, 7) is 6.79. The van der Waals surface area contributed by atoms with Crippen LogP contribution < -0.4 is 0 Å². The van der Waals surface area contributed by atoms with E-state index in [1.54, 1.807) is 0 Å². The standard InChI is InChI=1S/C14H26N2O4S/c1-11(2)13-12(5-10-20-13)14(17)15-6-4-7-16(9-8-15)21(3,18)19/h11-13H,4-10H2,1-3H3/t12-,13+/m1/s1. The van der Waals surface area contributed by atoms with Crippen molar-refractivity contribution in [3.05, 3.63) is 0 Å². The van der Waals surface area contributed by atoms with Crippen molar-refractivity contribution in [2.75, 3.05) is 39.0 Å². The van der Waals surface area contributed by atoms with E-state index in [1.165, 1.54) is 10.6 Å². The van der Waals surface area contributed by atoms with Gasteiger partial charge in [-0.1, -0.05) is 13.8 Å². The van der Waals surface area contributed by atoms with Gasteiger partial charge in [-0.25, -0.2) is 12.7 Å². The minimum atomic E-state index is -3.17. The fourth-order valence-corrected chi connectivity index (χ4v) is 4.09. The molecule has 122 valence electrons. The largest absolute Gasteiger partial charge is 0.377 e. The maximum Gasteiger partial charge on any atom is 0.228 e. The molecule has 2 saturated heterocycles. The summed E-state index contributed by atoms with van der Waals surface area (Å²) in [6, 6.07) is 0. The average molecular weight is 318 g/mol. The van der Waals surface area contributed by atoms with Gasteiger partial charge in [-0.15, -0.1) is 0 Å². The molecule has 0 aromatic heterocycles. The summed E-state index contributed by atoms with van der Waals surface area (Å²) in [6.07, 6.45) is 2.68. The predicted octanol–water partition coefficient (Wildman–Crippen LogP) is 0.541. The van der Waals surface area contributed by atoms with Gasteiger partial charge in [0.05, 0.1) is 18.3 Å². The lowest BCUT2D eigenvalue weighted by atomic mass is 9.92. The normalized spacial score (nSPS) is 28.9. The molecule has 0 bridgehead atoms. The molecule has 0 spiro atoms. The van der Waals surface area contributed by atoms with E-state index in [9.17, 15) is 13.2 Å². The molecule has 21 heavy (non-hydrogen) atoms. The Bertz CT molecular complexity index is 477. The van der Waals surface area contributed by atoms with Crippen LogP contribution >= 0.6 is 0 Å². The molecule has 0 aliphatic carbocycles. The van der Waals surface area contributed by atoms with Crippen LogP contribution in [0.1, 0.15) is 26.7 Å². The van der Waals surface area contributed by atoms with Crippen LogP contribution in [-0.4, -0.2) is 68.7 Å². The summed E-state index contributed by atoms with van der Waals surface area (Å²) >= 11 is 0. The molecule has 2 aliphatic heterocycles. The van der Waals surface area contributed by atoms with Gasteiger partial charge in [0.2, 0.25) is 15.9 Å². The highest BCUT2D eigenvalue weighted by Crippen LogP contribution is 2.28. The van der Waals surface area contributed by atoms with Gasteiger partial charge in [-0.2, -0.15) is 0 Å². The SMILES string of the molecule is CC(C)[C@@H]1OCC[C@H]1C(=O)N1CCCN(S(C)(=O)=O)CC1. The topological polar surface area (TPSA) is 66.9 Å². The van der Waals surface area contributed by atoms with Gasteiger partial charge in [-0.3, -0.25) is 4.79 Å². The van der Waals surface area contributed by atoms with Gasteiger partial charge >= 0.3 is 0 Å². The maximum atomic E-state index is 12.7. The summed E-state index contributed by atoms with van der Waals surface area (Å²) in [5.74, 6) is 0.372. The van der Waals surface area contributed by atoms with Crippen molar-refractivity contribution in [1.29, 1.82) is 0 Å². The highest BCUT2D eigenvalue weighted by molar-refractivity contribution is 7.88. The Balaban J connectivity index is 2.00. The second-order valence-corrected chi connectivity index (χ2v) is 8.30. The second kappa shape index (κ2) is 6.62. The summed E-state index contributed by atoms with van der Waals surface area (Å²) in [7, 11) is -3.17. The third-order valence-electron chi connectivity index (χ3n) is 4.35. The van der Waals surface area contributed by atoms with Crippen molar-refractivity contribution in [1.82, 2.24) is 9.21 Å². The molecular formula is C14H26N2O4S. The first kappa shape index (κ1) is 16.7. The Kier molecular flexibility index (Phi) is 5.27. The van der Waals surface area contributed by atoms with Gasteiger partial charge < -0.3 is 9.64 Å². The molecule has 7 heteroatoms. The van der Waals surface area contributed by atoms with E-state index in [0.29, 0.717) is 45.1 Å². The van der Waals surface area contributed by atoms with Crippen LogP contribution in [-0.2, 0) is 19.6 Å². The maximum absolute atomic E-state index is 12.7. The quantitative estimate of drug-likeness (QED) is 0.762. The monoisotopic (exact) mass is 318 g/mol. The predicted molar refractivity (Wildman–Crippen MR) is 80.3 cm³/mol. The summed E-state index contributed by atoms with van der Waals surface area (Å²) in [5.41, 5.74) is 0. The number of rotatable bonds is 3. The van der Waals surface area contributed by atoms with Crippen LogP contribution in [0.25, 0.3) is 0 Å². The zero-order valence-electron chi connectivity index (χ0n) is 13.1. The average Bonchev–Trinajstić information content (AvgIpc) is 2.73. The molecule has 0 aromatic rings. The molecule has 2 fully saturated rings. The molecule has 0 radical (unpaired) electrons. The first-order chi connectivity index (χ1) is 9.80. The van der Waals surface area contributed by atoms with Crippen LogP contribution in [0.4, 0.5) is 0 Å². The highest BCUT2D eigenvalue weighted by Gasteiger charge is 2.38. The molecule has 2 rings (SSSR count). The Hall–Kier alpha value is -0.660. The minimum Gasteiger partial charge on any atom is -0.377 e. The zero-order valence-corrected chi connectivity index (χ0v) is 13.9. The van der Waals surface area contributed by atoms with Crippen LogP contribution in [0.15, 0.2) is 0 Å². The van der Waals surface area contributed by atoms with Gasteiger partial charge in [0.15, 0.2) is 0 Å². The van der Waals surface area contributed by atoms with Gasteiger partial charge in [-0.05, 0) is 18.8 Å². The van der Waals surface area contributed by atoms with Crippen LogP contribution in [0.2, 0.25) is 0 Å². The Labute approximate surface area is 127 Å². The third-order valence-corrected chi connectivity index (χ3v) is 5.65. The highest BCUT2D eigenvalue weighted by atomic mass is 32.2. The lowest BCUT2D eigenvalue weighted by Gasteiger charge is -2.28. The van der Waals surface area contributed by atoms with Crippen molar-refractivity contribution in [2.45, 2.75) is 32.8 Å². The first-order valence-corrected chi connectivity index (χ1v) is 9.51. The third kappa shape index (κ3) is 3.96. The molecule has 2 heterocycles. The molecule has 0 saturated carbocycles. The Morgan fingerprint density at radius 3 is 2.52 bits per heavy atom. The lowest BCUT2D eigenvalue weighted by Crippen LogP contribution is -2.43. The van der Waals surface area contributed by atoms with Gasteiger partial charge in [0.25, 0.3) is 0 Å². The second-order valence-electron chi connectivity index (χ2n) is 6.32. The van der Waals surface area contributed by atoms with Crippen molar-refractivity contribution in [2.24, 2.45) is 11.8 Å². The number of hydrogen-bond donors (Lipinski definition) is 0.